The molecule has 0 saturated heterocycles. The Morgan fingerprint density at radius 2 is 1.89 bits per heavy atom. The maximum Gasteiger partial charge on any atom is 0.431 e. The van der Waals surface area contributed by atoms with Crippen molar-refractivity contribution in [3.05, 3.63) is 67.6 Å². The normalized spacial score (nSPS) is 11.1. The second-order valence-electron chi connectivity index (χ2n) is 5.66. The third kappa shape index (κ3) is 4.16. The zero-order chi connectivity index (χ0) is 21.2. The van der Waals surface area contributed by atoms with Crippen LogP contribution in [0.1, 0.15) is 21.6 Å². The third-order valence-electron chi connectivity index (χ3n) is 3.74. The van der Waals surface area contributed by atoms with E-state index >= 15 is 0 Å². The number of nitrogens with two attached hydrogens (primary N) is 1. The number of nitro benzene ring substituents is 1. The summed E-state index contributed by atoms with van der Waals surface area (Å²) in [5.41, 5.74) is 0.948. The number of amides is 2. The number of rotatable bonds is 5. The Labute approximate surface area is 154 Å². The Kier molecular flexibility index (Phi) is 5.52. The molecule has 0 fully saturated rings. The predicted octanol–water partition coefficient (Wildman–Crippen LogP) is 1.82. The van der Waals surface area contributed by atoms with Crippen LogP contribution in [0.5, 0.6) is 0 Å². The smallest absolute Gasteiger partial charge is 0.365 e. The highest BCUT2D eigenvalue weighted by Crippen LogP contribution is 2.29. The number of aryl methyl sites for hydroxylation is 1. The number of primary amides is 1. The summed E-state index contributed by atoms with van der Waals surface area (Å²) in [6.45, 7) is 0.309. The first-order valence-corrected chi connectivity index (χ1v) is 7.58. The number of aromatic nitrogens is 1. The largest absolute Gasteiger partial charge is 0.431 e. The van der Waals surface area contributed by atoms with Crippen molar-refractivity contribution in [2.24, 2.45) is 5.73 Å². The molecular formula is C16H13F3N4O5. The van der Waals surface area contributed by atoms with Crippen molar-refractivity contribution in [2.75, 3.05) is 5.32 Å². The van der Waals surface area contributed by atoms with Crippen LogP contribution < -0.4 is 16.6 Å². The lowest BCUT2D eigenvalue weighted by atomic mass is 10.1. The monoisotopic (exact) mass is 398 g/mol. The quantitative estimate of drug-likeness (QED) is 0.585. The van der Waals surface area contributed by atoms with E-state index < -0.39 is 52.0 Å². The lowest BCUT2D eigenvalue weighted by Gasteiger charge is -2.16. The van der Waals surface area contributed by atoms with Gasteiger partial charge in [0.1, 0.15) is 23.5 Å². The van der Waals surface area contributed by atoms with Gasteiger partial charge in [0, 0.05) is 6.07 Å². The number of carbonyl (C=O) groups is 2. The summed E-state index contributed by atoms with van der Waals surface area (Å²) in [5, 5.41) is 13.2. The number of nitrogens with zero attached hydrogens (tertiary/aromatic N) is 2. The molecule has 0 aliphatic heterocycles. The zero-order valence-corrected chi connectivity index (χ0v) is 14.2. The van der Waals surface area contributed by atoms with Crippen molar-refractivity contribution in [3.8, 4) is 0 Å². The van der Waals surface area contributed by atoms with E-state index in [0.717, 1.165) is 6.07 Å². The lowest BCUT2D eigenvalue weighted by Crippen LogP contribution is -2.37. The Balaban J connectivity index is 2.48. The van der Waals surface area contributed by atoms with Crippen molar-refractivity contribution in [1.29, 1.82) is 0 Å². The minimum absolute atomic E-state index is 0.0412. The number of hydrogen-bond donors (Lipinski definition) is 2. The molecule has 2 amide bonds. The molecule has 0 spiro atoms. The van der Waals surface area contributed by atoms with Gasteiger partial charge in [-0.3, -0.25) is 29.1 Å². The van der Waals surface area contributed by atoms with E-state index in [1.165, 1.54) is 19.1 Å². The number of carbonyl (C=O) groups excluding carboxylic acids is 2. The summed E-state index contributed by atoms with van der Waals surface area (Å²) in [7, 11) is 0. The van der Waals surface area contributed by atoms with Gasteiger partial charge < -0.3 is 11.1 Å². The Hall–Kier alpha value is -3.70. The van der Waals surface area contributed by atoms with Crippen molar-refractivity contribution >= 4 is 23.2 Å². The first-order chi connectivity index (χ1) is 12.9. The van der Waals surface area contributed by atoms with Crippen molar-refractivity contribution < 1.29 is 27.7 Å². The van der Waals surface area contributed by atoms with Crippen LogP contribution in [0.4, 0.5) is 24.5 Å². The summed E-state index contributed by atoms with van der Waals surface area (Å²) in [6.07, 6.45) is -5.00. The van der Waals surface area contributed by atoms with E-state index in [9.17, 15) is 37.7 Å². The molecular weight excluding hydrogens is 385 g/mol. The number of benzene rings is 1. The Morgan fingerprint density at radius 1 is 1.25 bits per heavy atom. The van der Waals surface area contributed by atoms with E-state index in [1.54, 1.807) is 0 Å². The van der Waals surface area contributed by atoms with Gasteiger partial charge >= 0.3 is 6.18 Å². The molecule has 0 bridgehead atoms. The van der Waals surface area contributed by atoms with Gasteiger partial charge in [0.25, 0.3) is 17.2 Å². The van der Waals surface area contributed by atoms with Gasteiger partial charge in [-0.1, -0.05) is 12.1 Å². The third-order valence-corrected chi connectivity index (χ3v) is 3.74. The summed E-state index contributed by atoms with van der Waals surface area (Å²) < 4.78 is 39.6. The minimum atomic E-state index is -5.00. The molecule has 3 N–H and O–H groups in total. The minimum Gasteiger partial charge on any atom is -0.365 e. The molecule has 12 heteroatoms. The fraction of sp³-hybridized carbons (Fsp3) is 0.188. The molecule has 148 valence electrons. The van der Waals surface area contributed by atoms with E-state index in [0.29, 0.717) is 12.1 Å². The van der Waals surface area contributed by atoms with Crippen molar-refractivity contribution in [3.63, 3.8) is 0 Å². The van der Waals surface area contributed by atoms with Gasteiger partial charge in [-0.05, 0) is 24.6 Å². The van der Waals surface area contributed by atoms with Gasteiger partial charge in [0.15, 0.2) is 0 Å². The molecule has 0 atom stereocenters. The number of hydrogen-bond acceptors (Lipinski definition) is 5. The maximum atomic E-state index is 13.2. The number of nitrogens with one attached hydrogen (secondary N) is 1. The fourth-order valence-corrected chi connectivity index (χ4v) is 2.46. The molecule has 9 nitrogen and oxygen atoms in total. The first-order valence-electron chi connectivity index (χ1n) is 7.58. The van der Waals surface area contributed by atoms with Crippen LogP contribution in [-0.4, -0.2) is 21.3 Å². The topological polar surface area (TPSA) is 137 Å². The molecule has 0 radical (unpaired) electrons. The standard InChI is InChI=1S/C16H13F3N4O5/c1-8-3-2-4-10(23(27)28)13(8)21-12(24)7-22-11(16(17,18)19)6-5-9(14(20)25)15(22)26/h2-6H,7H2,1H3,(H2,20,25)(H,21,24). The number of nitro groups is 1. The average Bonchev–Trinajstić information content (AvgIpc) is 2.56. The average molecular weight is 398 g/mol. The molecule has 2 rings (SSSR count). The van der Waals surface area contributed by atoms with Crippen LogP contribution in [-0.2, 0) is 17.5 Å². The highest BCUT2D eigenvalue weighted by atomic mass is 19.4. The molecule has 2 aromatic rings. The number of para-hydroxylation sites is 1. The van der Waals surface area contributed by atoms with Crippen molar-refractivity contribution in [1.82, 2.24) is 4.57 Å². The summed E-state index contributed by atoms with van der Waals surface area (Å²) in [6, 6.07) is 4.98. The van der Waals surface area contributed by atoms with Crippen LogP contribution in [0.2, 0.25) is 0 Å². The van der Waals surface area contributed by atoms with Crippen LogP contribution in [0.25, 0.3) is 0 Å². The van der Waals surface area contributed by atoms with Gasteiger partial charge in [0.05, 0.1) is 4.92 Å². The van der Waals surface area contributed by atoms with E-state index in [2.05, 4.69) is 5.32 Å². The van der Waals surface area contributed by atoms with Crippen molar-refractivity contribution in [2.45, 2.75) is 19.6 Å². The maximum absolute atomic E-state index is 13.2. The second kappa shape index (κ2) is 7.50. The predicted molar refractivity (Wildman–Crippen MR) is 90.7 cm³/mol. The van der Waals surface area contributed by atoms with Crippen LogP contribution in [0, 0.1) is 17.0 Å². The molecule has 28 heavy (non-hydrogen) atoms. The molecule has 1 heterocycles. The van der Waals surface area contributed by atoms with Crippen LogP contribution in [0.3, 0.4) is 0 Å². The molecule has 1 aromatic carbocycles. The number of alkyl halides is 3. The van der Waals surface area contributed by atoms with E-state index in [-0.39, 0.29) is 15.8 Å². The van der Waals surface area contributed by atoms with Gasteiger partial charge in [0.2, 0.25) is 5.91 Å². The highest BCUT2D eigenvalue weighted by molar-refractivity contribution is 5.94. The van der Waals surface area contributed by atoms with Crippen LogP contribution >= 0.6 is 0 Å². The second-order valence-corrected chi connectivity index (χ2v) is 5.66. The van der Waals surface area contributed by atoms with Gasteiger partial charge in [-0.25, -0.2) is 0 Å². The van der Waals surface area contributed by atoms with E-state index in [4.69, 9.17) is 5.73 Å². The number of anilines is 1. The molecule has 0 aliphatic rings. The Morgan fingerprint density at radius 3 is 2.43 bits per heavy atom. The first kappa shape index (κ1) is 20.6. The summed E-state index contributed by atoms with van der Waals surface area (Å²) >= 11 is 0. The lowest BCUT2D eigenvalue weighted by molar-refractivity contribution is -0.384. The molecule has 1 aromatic heterocycles. The molecule has 0 unspecified atom stereocenters. The van der Waals surface area contributed by atoms with Crippen LogP contribution in [0.15, 0.2) is 35.1 Å². The zero-order valence-electron chi connectivity index (χ0n) is 14.2. The Bertz CT molecular complexity index is 1030. The van der Waals surface area contributed by atoms with E-state index in [1.807, 2.05) is 0 Å². The summed E-state index contributed by atoms with van der Waals surface area (Å²) in [4.78, 5) is 46.0. The number of halogens is 3. The van der Waals surface area contributed by atoms with Gasteiger partial charge in [-0.2, -0.15) is 13.2 Å². The SMILES string of the molecule is Cc1cccc([N+](=O)[O-])c1NC(=O)Cn1c(C(F)(F)F)ccc(C(N)=O)c1=O. The highest BCUT2D eigenvalue weighted by Gasteiger charge is 2.35. The molecule has 0 saturated carbocycles. The summed E-state index contributed by atoms with van der Waals surface area (Å²) in [5.74, 6) is -2.39. The van der Waals surface area contributed by atoms with Gasteiger partial charge in [-0.15, -0.1) is 0 Å². The fourth-order valence-electron chi connectivity index (χ4n) is 2.46. The number of pyridine rings is 1. The molecule has 0 aliphatic carbocycles.